The molecule has 1 atom stereocenters. The lowest BCUT2D eigenvalue weighted by molar-refractivity contribution is 0.0140. The minimum atomic E-state index is -3.63. The Hall–Kier alpha value is -2.65. The van der Waals surface area contributed by atoms with E-state index in [1.54, 1.807) is 35.2 Å². The molecule has 1 unspecified atom stereocenters. The van der Waals surface area contributed by atoms with Gasteiger partial charge in [-0.2, -0.15) is 0 Å². The lowest BCUT2D eigenvalue weighted by atomic mass is 10.0. The molecule has 1 fully saturated rings. The molecule has 0 aromatic heterocycles. The molecule has 0 aliphatic carbocycles. The number of amides is 1. The number of hydrogen-bond acceptors (Lipinski definition) is 7. The van der Waals surface area contributed by atoms with Gasteiger partial charge < -0.3 is 14.5 Å². The quantitative estimate of drug-likeness (QED) is 0.692. The van der Waals surface area contributed by atoms with E-state index in [4.69, 9.17) is 4.74 Å². The lowest BCUT2D eigenvalue weighted by Crippen LogP contribution is -2.55. The highest BCUT2D eigenvalue weighted by Crippen LogP contribution is 2.33. The zero-order chi connectivity index (χ0) is 23.1. The second-order valence-electron chi connectivity index (χ2n) is 9.19. The monoisotopic (exact) mass is 458 g/mol. The first-order valence-electron chi connectivity index (χ1n) is 10.8. The van der Waals surface area contributed by atoms with Crippen LogP contribution in [0.15, 0.2) is 63.1 Å². The smallest absolute Gasteiger partial charge is 0.410 e. The van der Waals surface area contributed by atoms with Crippen molar-refractivity contribution in [3.63, 3.8) is 0 Å². The molecule has 0 radical (unpaired) electrons. The highest BCUT2D eigenvalue weighted by Gasteiger charge is 2.39. The molecule has 0 spiro atoms. The van der Waals surface area contributed by atoms with E-state index in [-0.39, 0.29) is 23.6 Å². The van der Waals surface area contributed by atoms with Gasteiger partial charge in [-0.25, -0.2) is 13.2 Å². The Bertz CT molecular complexity index is 1080. The summed E-state index contributed by atoms with van der Waals surface area (Å²) in [4.78, 5) is 23.5. The number of ether oxygens (including phenoxy) is 1. The van der Waals surface area contributed by atoms with Crippen molar-refractivity contribution < 1.29 is 17.9 Å². The Morgan fingerprint density at radius 1 is 1.09 bits per heavy atom. The zero-order valence-corrected chi connectivity index (χ0v) is 19.8. The van der Waals surface area contributed by atoms with Crippen LogP contribution in [0.5, 0.6) is 0 Å². The SMILES string of the molecule is CN1C=CC(N2CCN(C(=O)OC(C)(C)C)CC2)C2=NCC(S(=O)(=O)c3ccccc3)=C21. The molecular weight excluding hydrogens is 428 g/mol. The van der Waals surface area contributed by atoms with Crippen molar-refractivity contribution in [2.45, 2.75) is 37.3 Å². The predicted molar refractivity (Wildman–Crippen MR) is 123 cm³/mol. The molecule has 0 bridgehead atoms. The van der Waals surface area contributed by atoms with Crippen LogP contribution in [0.25, 0.3) is 0 Å². The molecule has 1 saturated heterocycles. The van der Waals surface area contributed by atoms with E-state index in [0.29, 0.717) is 36.8 Å². The summed E-state index contributed by atoms with van der Waals surface area (Å²) in [5.74, 6) is 0. The van der Waals surface area contributed by atoms with Gasteiger partial charge in [-0.15, -0.1) is 0 Å². The van der Waals surface area contributed by atoms with Crippen LogP contribution in [0.2, 0.25) is 0 Å². The highest BCUT2D eigenvalue weighted by atomic mass is 32.2. The zero-order valence-electron chi connectivity index (χ0n) is 19.0. The van der Waals surface area contributed by atoms with Crippen molar-refractivity contribution >= 4 is 21.6 Å². The number of benzene rings is 1. The number of aliphatic imine (C=N–C) groups is 1. The van der Waals surface area contributed by atoms with E-state index in [2.05, 4.69) is 9.89 Å². The number of piperazine rings is 1. The number of carbonyl (C=O) groups is 1. The summed E-state index contributed by atoms with van der Waals surface area (Å²) in [5.41, 5.74) is 0.912. The number of rotatable bonds is 3. The highest BCUT2D eigenvalue weighted by molar-refractivity contribution is 7.95. The van der Waals surface area contributed by atoms with Crippen LogP contribution in [0, 0.1) is 0 Å². The van der Waals surface area contributed by atoms with Gasteiger partial charge in [0.25, 0.3) is 0 Å². The van der Waals surface area contributed by atoms with Gasteiger partial charge in [0.05, 0.1) is 33.8 Å². The van der Waals surface area contributed by atoms with E-state index in [9.17, 15) is 13.2 Å². The minimum absolute atomic E-state index is 0.120. The molecule has 8 nitrogen and oxygen atoms in total. The van der Waals surface area contributed by atoms with Crippen LogP contribution in [0.3, 0.4) is 0 Å². The van der Waals surface area contributed by atoms with Gasteiger partial charge >= 0.3 is 6.09 Å². The van der Waals surface area contributed by atoms with Crippen molar-refractivity contribution in [2.75, 3.05) is 39.8 Å². The first-order valence-corrected chi connectivity index (χ1v) is 12.3. The third-order valence-electron chi connectivity index (χ3n) is 5.76. The molecule has 1 amide bonds. The van der Waals surface area contributed by atoms with Crippen LogP contribution in [0.1, 0.15) is 20.8 Å². The third-order valence-corrected chi connectivity index (χ3v) is 7.63. The number of carbonyl (C=O) groups excluding carboxylic acids is 1. The van der Waals surface area contributed by atoms with Crippen molar-refractivity contribution in [2.24, 2.45) is 4.99 Å². The first kappa shape index (κ1) is 22.5. The van der Waals surface area contributed by atoms with Crippen LogP contribution in [-0.4, -0.2) is 86.3 Å². The molecule has 172 valence electrons. The minimum Gasteiger partial charge on any atom is -0.444 e. The maximum absolute atomic E-state index is 13.3. The Kier molecular flexibility index (Phi) is 5.89. The number of sulfone groups is 1. The second kappa shape index (κ2) is 8.37. The lowest BCUT2D eigenvalue weighted by Gasteiger charge is -2.40. The molecular formula is C23H30N4O4S. The number of fused-ring (bicyclic) bond motifs is 1. The molecule has 3 aliphatic heterocycles. The van der Waals surface area contributed by atoms with Gasteiger partial charge in [0.2, 0.25) is 9.84 Å². The average Bonchev–Trinajstić information content (AvgIpc) is 3.21. The summed E-state index contributed by atoms with van der Waals surface area (Å²) in [7, 11) is -1.78. The molecule has 0 N–H and O–H groups in total. The molecule has 3 aliphatic rings. The van der Waals surface area contributed by atoms with Crippen molar-refractivity contribution in [1.29, 1.82) is 0 Å². The van der Waals surface area contributed by atoms with E-state index >= 15 is 0 Å². The van der Waals surface area contributed by atoms with Crippen molar-refractivity contribution in [3.8, 4) is 0 Å². The van der Waals surface area contributed by atoms with Crippen LogP contribution in [-0.2, 0) is 14.6 Å². The van der Waals surface area contributed by atoms with E-state index in [1.165, 1.54) is 0 Å². The van der Waals surface area contributed by atoms with Gasteiger partial charge in [0, 0.05) is 39.4 Å². The Labute approximate surface area is 189 Å². The van der Waals surface area contributed by atoms with E-state index in [1.807, 2.05) is 45.0 Å². The first-order chi connectivity index (χ1) is 15.1. The molecule has 32 heavy (non-hydrogen) atoms. The van der Waals surface area contributed by atoms with Crippen molar-refractivity contribution in [3.05, 3.63) is 53.2 Å². The van der Waals surface area contributed by atoms with E-state index < -0.39 is 15.4 Å². The molecule has 9 heteroatoms. The van der Waals surface area contributed by atoms with Crippen LogP contribution in [0.4, 0.5) is 4.79 Å². The summed E-state index contributed by atoms with van der Waals surface area (Å²) in [5, 5.41) is 0. The van der Waals surface area contributed by atoms with Gasteiger partial charge in [0.15, 0.2) is 0 Å². The van der Waals surface area contributed by atoms with Gasteiger partial charge in [0.1, 0.15) is 5.60 Å². The molecule has 1 aromatic rings. The van der Waals surface area contributed by atoms with Gasteiger partial charge in [-0.05, 0) is 39.0 Å². The van der Waals surface area contributed by atoms with Crippen molar-refractivity contribution in [1.82, 2.24) is 14.7 Å². The fourth-order valence-electron chi connectivity index (χ4n) is 4.19. The fraction of sp³-hybridized carbons (Fsp3) is 0.478. The molecule has 1 aromatic carbocycles. The predicted octanol–water partition coefficient (Wildman–Crippen LogP) is 2.51. The normalized spacial score (nSPS) is 22.1. The topological polar surface area (TPSA) is 82.5 Å². The standard InChI is InChI=1S/C23H30N4O4S/c1-23(2,3)31-22(28)27-14-12-26(13-15-27)18-10-11-25(4)21-19(16-24-20(18)21)32(29,30)17-8-6-5-7-9-17/h5-11,18H,12-16H2,1-4H3. The summed E-state index contributed by atoms with van der Waals surface area (Å²) < 4.78 is 32.1. The Balaban J connectivity index is 1.53. The molecule has 0 saturated carbocycles. The second-order valence-corrected chi connectivity index (χ2v) is 11.2. The Morgan fingerprint density at radius 2 is 1.75 bits per heavy atom. The largest absolute Gasteiger partial charge is 0.444 e. The molecule has 3 heterocycles. The van der Waals surface area contributed by atoms with E-state index in [0.717, 1.165) is 5.71 Å². The van der Waals surface area contributed by atoms with Gasteiger partial charge in [-0.3, -0.25) is 9.89 Å². The molecule has 4 rings (SSSR count). The summed E-state index contributed by atoms with van der Waals surface area (Å²) in [6.07, 6.45) is 3.65. The third kappa shape index (κ3) is 4.31. The summed E-state index contributed by atoms with van der Waals surface area (Å²) in [6, 6.07) is 8.37. The Morgan fingerprint density at radius 3 is 2.38 bits per heavy atom. The summed E-state index contributed by atoms with van der Waals surface area (Å²) >= 11 is 0. The van der Waals surface area contributed by atoms with Crippen LogP contribution >= 0.6 is 0 Å². The summed E-state index contributed by atoms with van der Waals surface area (Å²) in [6.45, 7) is 8.14. The average molecular weight is 459 g/mol. The number of hydrogen-bond donors (Lipinski definition) is 0. The van der Waals surface area contributed by atoms with Gasteiger partial charge in [-0.1, -0.05) is 18.2 Å². The maximum Gasteiger partial charge on any atom is 0.410 e. The number of nitrogens with zero attached hydrogens (tertiary/aromatic N) is 4. The fourth-order valence-corrected chi connectivity index (χ4v) is 5.73. The van der Waals surface area contributed by atoms with Crippen LogP contribution < -0.4 is 0 Å². The maximum atomic E-state index is 13.3.